The second-order valence-electron chi connectivity index (χ2n) is 4.71. The van der Waals surface area contributed by atoms with Crippen molar-refractivity contribution in [2.75, 3.05) is 26.2 Å². The summed E-state index contributed by atoms with van der Waals surface area (Å²) in [5.41, 5.74) is 3.72. The smallest absolute Gasteiger partial charge is 0.0996 e. The van der Waals surface area contributed by atoms with E-state index in [0.29, 0.717) is 0 Å². The Morgan fingerprint density at radius 3 is 3.00 bits per heavy atom. The third kappa shape index (κ3) is 2.18. The number of rotatable bonds is 2. The summed E-state index contributed by atoms with van der Waals surface area (Å²) in [6, 6.07) is 4.33. The van der Waals surface area contributed by atoms with Gasteiger partial charge in [0.1, 0.15) is 0 Å². The molecule has 1 aliphatic heterocycles. The van der Waals surface area contributed by atoms with Gasteiger partial charge in [-0.3, -0.25) is 4.90 Å². The number of hydrogen-bond acceptors (Lipinski definition) is 3. The van der Waals surface area contributed by atoms with E-state index in [4.69, 9.17) is 0 Å². The van der Waals surface area contributed by atoms with Crippen LogP contribution in [0.1, 0.15) is 11.3 Å². The number of aromatic nitrogens is 2. The molecule has 2 aromatic heterocycles. The summed E-state index contributed by atoms with van der Waals surface area (Å²) in [6.07, 6.45) is 3.99. The Hall–Kier alpha value is -1.39. The lowest BCUT2D eigenvalue weighted by Crippen LogP contribution is -2.42. The molecule has 17 heavy (non-hydrogen) atoms. The Kier molecular flexibility index (Phi) is 2.82. The van der Waals surface area contributed by atoms with Gasteiger partial charge in [-0.2, -0.15) is 0 Å². The third-order valence-corrected chi connectivity index (χ3v) is 3.36. The minimum absolute atomic E-state index is 0.960. The molecule has 1 fully saturated rings. The van der Waals surface area contributed by atoms with Crippen LogP contribution < -0.4 is 5.32 Å². The van der Waals surface area contributed by atoms with Gasteiger partial charge in [0.25, 0.3) is 0 Å². The molecule has 4 heteroatoms. The summed E-state index contributed by atoms with van der Waals surface area (Å²) in [4.78, 5) is 6.99. The molecule has 2 aromatic rings. The number of hydrogen-bond donors (Lipinski definition) is 1. The summed E-state index contributed by atoms with van der Waals surface area (Å²) in [5.74, 6) is 0. The standard InChI is InChI=1S/C13H18N4/c1-11-2-5-17-10-15-12(13(17)8-11)9-16-6-3-14-4-7-16/h2,5,8,10,14H,3-4,6-7,9H2,1H3. The van der Waals surface area contributed by atoms with Crippen molar-refractivity contribution in [3.8, 4) is 0 Å². The summed E-state index contributed by atoms with van der Waals surface area (Å²) >= 11 is 0. The molecule has 0 atom stereocenters. The zero-order valence-corrected chi connectivity index (χ0v) is 10.2. The lowest BCUT2D eigenvalue weighted by Gasteiger charge is -2.26. The minimum atomic E-state index is 0.960. The van der Waals surface area contributed by atoms with E-state index in [2.05, 4.69) is 44.9 Å². The van der Waals surface area contributed by atoms with Gasteiger partial charge in [-0.15, -0.1) is 0 Å². The number of fused-ring (bicyclic) bond motifs is 1. The fourth-order valence-electron chi connectivity index (χ4n) is 2.35. The average Bonchev–Trinajstić information content (AvgIpc) is 2.73. The van der Waals surface area contributed by atoms with Crippen LogP contribution >= 0.6 is 0 Å². The van der Waals surface area contributed by atoms with Crippen LogP contribution in [-0.2, 0) is 6.54 Å². The molecular weight excluding hydrogens is 212 g/mol. The highest BCUT2D eigenvalue weighted by molar-refractivity contribution is 5.53. The number of nitrogens with one attached hydrogen (secondary N) is 1. The zero-order valence-electron chi connectivity index (χ0n) is 10.2. The quantitative estimate of drug-likeness (QED) is 0.837. The number of pyridine rings is 1. The Bertz CT molecular complexity index is 511. The first-order chi connectivity index (χ1) is 8.33. The number of imidazole rings is 1. The SMILES string of the molecule is Cc1ccn2cnc(CN3CCNCC3)c2c1. The van der Waals surface area contributed by atoms with Crippen molar-refractivity contribution in [3.05, 3.63) is 35.9 Å². The van der Waals surface area contributed by atoms with Crippen LogP contribution in [0, 0.1) is 6.92 Å². The Morgan fingerprint density at radius 1 is 1.35 bits per heavy atom. The van der Waals surface area contributed by atoms with Gasteiger partial charge >= 0.3 is 0 Å². The van der Waals surface area contributed by atoms with Crippen LogP contribution in [0.5, 0.6) is 0 Å². The van der Waals surface area contributed by atoms with E-state index in [1.807, 2.05) is 6.33 Å². The molecule has 3 rings (SSSR count). The second kappa shape index (κ2) is 4.47. The van der Waals surface area contributed by atoms with Crippen LogP contribution in [0.3, 0.4) is 0 Å². The second-order valence-corrected chi connectivity index (χ2v) is 4.71. The van der Waals surface area contributed by atoms with Gasteiger partial charge < -0.3 is 9.72 Å². The van der Waals surface area contributed by atoms with E-state index < -0.39 is 0 Å². The molecule has 3 heterocycles. The minimum Gasteiger partial charge on any atom is -0.314 e. The van der Waals surface area contributed by atoms with E-state index in [1.165, 1.54) is 16.8 Å². The first kappa shape index (κ1) is 10.7. The molecule has 0 unspecified atom stereocenters. The summed E-state index contributed by atoms with van der Waals surface area (Å²) in [7, 11) is 0. The average molecular weight is 230 g/mol. The molecule has 0 saturated carbocycles. The fraction of sp³-hybridized carbons (Fsp3) is 0.462. The van der Waals surface area contributed by atoms with Gasteiger partial charge in [0.05, 0.1) is 17.5 Å². The predicted molar refractivity (Wildman–Crippen MR) is 68.1 cm³/mol. The number of aryl methyl sites for hydroxylation is 1. The molecule has 1 aliphatic rings. The van der Waals surface area contributed by atoms with E-state index in [9.17, 15) is 0 Å². The van der Waals surface area contributed by atoms with Gasteiger partial charge in [-0.05, 0) is 24.6 Å². The molecule has 4 nitrogen and oxygen atoms in total. The van der Waals surface area contributed by atoms with E-state index >= 15 is 0 Å². The third-order valence-electron chi connectivity index (χ3n) is 3.36. The van der Waals surface area contributed by atoms with Crippen molar-refractivity contribution >= 4 is 5.52 Å². The molecule has 0 radical (unpaired) electrons. The normalized spacial score (nSPS) is 17.7. The summed E-state index contributed by atoms with van der Waals surface area (Å²) in [6.45, 7) is 7.49. The first-order valence-electron chi connectivity index (χ1n) is 6.18. The fourth-order valence-corrected chi connectivity index (χ4v) is 2.35. The van der Waals surface area contributed by atoms with Crippen LogP contribution in [-0.4, -0.2) is 40.5 Å². The Balaban J connectivity index is 1.86. The molecule has 90 valence electrons. The number of nitrogens with zero attached hydrogens (tertiary/aromatic N) is 3. The molecular formula is C13H18N4. The molecule has 0 aliphatic carbocycles. The highest BCUT2D eigenvalue weighted by atomic mass is 15.2. The predicted octanol–water partition coefficient (Wildman–Crippen LogP) is 1.05. The van der Waals surface area contributed by atoms with Gasteiger partial charge in [0, 0.05) is 38.9 Å². The first-order valence-corrected chi connectivity index (χ1v) is 6.18. The molecule has 1 N–H and O–H groups in total. The van der Waals surface area contributed by atoms with Gasteiger partial charge in [-0.25, -0.2) is 4.98 Å². The maximum Gasteiger partial charge on any atom is 0.0996 e. The van der Waals surface area contributed by atoms with E-state index in [-0.39, 0.29) is 0 Å². The highest BCUT2D eigenvalue weighted by Gasteiger charge is 2.13. The largest absolute Gasteiger partial charge is 0.314 e. The van der Waals surface area contributed by atoms with E-state index in [0.717, 1.165) is 32.7 Å². The monoisotopic (exact) mass is 230 g/mol. The van der Waals surface area contributed by atoms with Gasteiger partial charge in [0.2, 0.25) is 0 Å². The summed E-state index contributed by atoms with van der Waals surface area (Å²) < 4.78 is 2.10. The Morgan fingerprint density at radius 2 is 2.18 bits per heavy atom. The van der Waals surface area contributed by atoms with Crippen LogP contribution in [0.15, 0.2) is 24.7 Å². The van der Waals surface area contributed by atoms with E-state index in [1.54, 1.807) is 0 Å². The van der Waals surface area contributed by atoms with Crippen molar-refractivity contribution in [2.45, 2.75) is 13.5 Å². The molecule has 1 saturated heterocycles. The topological polar surface area (TPSA) is 32.6 Å². The van der Waals surface area contributed by atoms with Crippen molar-refractivity contribution in [2.24, 2.45) is 0 Å². The lowest BCUT2D eigenvalue weighted by molar-refractivity contribution is 0.232. The Labute approximate surface area is 101 Å². The number of piperazine rings is 1. The lowest BCUT2D eigenvalue weighted by atomic mass is 10.2. The van der Waals surface area contributed by atoms with Crippen molar-refractivity contribution in [3.63, 3.8) is 0 Å². The maximum absolute atomic E-state index is 4.53. The molecule has 0 aromatic carbocycles. The van der Waals surface area contributed by atoms with Crippen LogP contribution in [0.25, 0.3) is 5.52 Å². The van der Waals surface area contributed by atoms with Gasteiger partial charge in [0.15, 0.2) is 0 Å². The molecule has 0 bridgehead atoms. The zero-order chi connectivity index (χ0) is 11.7. The molecule has 0 amide bonds. The van der Waals surface area contributed by atoms with Crippen molar-refractivity contribution < 1.29 is 0 Å². The van der Waals surface area contributed by atoms with Crippen molar-refractivity contribution in [1.82, 2.24) is 19.6 Å². The van der Waals surface area contributed by atoms with Crippen LogP contribution in [0.4, 0.5) is 0 Å². The summed E-state index contributed by atoms with van der Waals surface area (Å²) in [5, 5.41) is 3.37. The van der Waals surface area contributed by atoms with Crippen molar-refractivity contribution in [1.29, 1.82) is 0 Å². The van der Waals surface area contributed by atoms with Crippen LogP contribution in [0.2, 0.25) is 0 Å². The highest BCUT2D eigenvalue weighted by Crippen LogP contribution is 2.13. The molecule has 0 spiro atoms. The van der Waals surface area contributed by atoms with Gasteiger partial charge in [-0.1, -0.05) is 0 Å². The maximum atomic E-state index is 4.53.